The molecule has 1 aliphatic carbocycles. The lowest BCUT2D eigenvalue weighted by Crippen LogP contribution is -2.30. The Hall–Kier alpha value is -3.53. The van der Waals surface area contributed by atoms with Crippen molar-refractivity contribution in [2.24, 2.45) is 0 Å². The smallest absolute Gasteiger partial charge is 0.411 e. The highest BCUT2D eigenvalue weighted by molar-refractivity contribution is 5.90. The minimum absolute atomic E-state index is 0.0103. The summed E-state index contributed by atoms with van der Waals surface area (Å²) in [6, 6.07) is 11.4. The van der Waals surface area contributed by atoms with E-state index in [2.05, 4.69) is 0 Å². The van der Waals surface area contributed by atoms with E-state index in [0.29, 0.717) is 53.7 Å². The molecular weight excluding hydrogens is 465 g/mol. The molecule has 7 nitrogen and oxygen atoms in total. The molecule has 10 heteroatoms. The van der Waals surface area contributed by atoms with Gasteiger partial charge in [-0.3, -0.25) is 0 Å². The molecule has 2 aromatic rings. The van der Waals surface area contributed by atoms with Gasteiger partial charge in [0.05, 0.1) is 11.7 Å². The largest absolute Gasteiger partial charge is 0.459 e. The van der Waals surface area contributed by atoms with Gasteiger partial charge >= 0.3 is 18.1 Å². The van der Waals surface area contributed by atoms with E-state index in [9.17, 15) is 22.8 Å². The number of carbonyl (C=O) groups excluding carboxylic acids is 2. The molecule has 1 aliphatic rings. The molecule has 4 N–H and O–H groups in total. The van der Waals surface area contributed by atoms with Gasteiger partial charge in [-0.15, -0.1) is 0 Å². The number of alkyl halides is 3. The first-order valence-corrected chi connectivity index (χ1v) is 11.1. The summed E-state index contributed by atoms with van der Waals surface area (Å²) in [4.78, 5) is 24.3. The van der Waals surface area contributed by atoms with Crippen molar-refractivity contribution in [1.29, 1.82) is 0 Å². The molecule has 0 aromatic heterocycles. The quantitative estimate of drug-likeness (QED) is 0.313. The number of nitrogens with two attached hydrogens (primary N) is 2. The van der Waals surface area contributed by atoms with E-state index in [1.165, 1.54) is 6.08 Å². The van der Waals surface area contributed by atoms with Crippen molar-refractivity contribution in [3.05, 3.63) is 65.2 Å². The molecule has 0 spiro atoms. The predicted octanol–water partition coefficient (Wildman–Crippen LogP) is 4.65. The number of halogens is 3. The van der Waals surface area contributed by atoms with Crippen molar-refractivity contribution in [2.75, 3.05) is 18.1 Å². The van der Waals surface area contributed by atoms with E-state index in [0.717, 1.165) is 0 Å². The molecule has 2 aromatic carbocycles. The zero-order chi connectivity index (χ0) is 25.4. The van der Waals surface area contributed by atoms with Crippen molar-refractivity contribution < 1.29 is 37.0 Å². The fourth-order valence-corrected chi connectivity index (χ4v) is 3.58. The van der Waals surface area contributed by atoms with Crippen LogP contribution in [0.4, 0.5) is 24.5 Å². The molecule has 0 radical (unpaired) electrons. The molecular formula is C25H27F3N2O5. The van der Waals surface area contributed by atoms with Crippen molar-refractivity contribution >= 4 is 29.4 Å². The molecule has 0 saturated heterocycles. The van der Waals surface area contributed by atoms with Gasteiger partial charge in [-0.2, -0.15) is 13.2 Å². The number of esters is 2. The van der Waals surface area contributed by atoms with Gasteiger partial charge in [-0.1, -0.05) is 18.2 Å². The van der Waals surface area contributed by atoms with Crippen molar-refractivity contribution in [1.82, 2.24) is 0 Å². The van der Waals surface area contributed by atoms with Gasteiger partial charge in [0.15, 0.2) is 0 Å². The van der Waals surface area contributed by atoms with Crippen molar-refractivity contribution in [2.45, 2.75) is 50.7 Å². The Morgan fingerprint density at radius 1 is 0.971 bits per heavy atom. The minimum Gasteiger partial charge on any atom is -0.459 e. The molecule has 35 heavy (non-hydrogen) atoms. The van der Waals surface area contributed by atoms with Gasteiger partial charge in [0, 0.05) is 23.0 Å². The SMILES string of the molecule is Nc1ccc(COC(=O)/C=C/c2ccc(C(=O)OC3CCC(OCC(F)(F)F)CC3)cc2)c(N)c1. The van der Waals surface area contributed by atoms with Gasteiger partial charge in [-0.05, 0) is 61.6 Å². The van der Waals surface area contributed by atoms with Crippen LogP contribution in [0.1, 0.15) is 47.2 Å². The van der Waals surface area contributed by atoms with Gasteiger partial charge in [0.25, 0.3) is 0 Å². The molecule has 188 valence electrons. The number of hydrogen-bond donors (Lipinski definition) is 2. The molecule has 3 rings (SSSR count). The topological polar surface area (TPSA) is 114 Å². The molecule has 0 aliphatic heterocycles. The molecule has 1 saturated carbocycles. The first kappa shape index (κ1) is 26.1. The number of hydrogen-bond acceptors (Lipinski definition) is 7. The summed E-state index contributed by atoms with van der Waals surface area (Å²) >= 11 is 0. The Morgan fingerprint density at radius 2 is 1.63 bits per heavy atom. The van der Waals surface area contributed by atoms with E-state index in [1.807, 2.05) is 0 Å². The molecule has 0 amide bonds. The summed E-state index contributed by atoms with van der Waals surface area (Å²) in [5.74, 6) is -1.07. The normalized spacial score (nSPS) is 18.4. The lowest BCUT2D eigenvalue weighted by Gasteiger charge is -2.28. The number of ether oxygens (including phenoxy) is 3. The average Bonchev–Trinajstić information content (AvgIpc) is 2.81. The number of benzene rings is 2. The van der Waals surface area contributed by atoms with Crippen LogP contribution in [0.2, 0.25) is 0 Å². The Morgan fingerprint density at radius 3 is 2.26 bits per heavy atom. The van der Waals surface area contributed by atoms with Crippen LogP contribution in [0, 0.1) is 0 Å². The van der Waals surface area contributed by atoms with Crippen molar-refractivity contribution in [3.63, 3.8) is 0 Å². The first-order chi connectivity index (χ1) is 16.6. The van der Waals surface area contributed by atoms with Crippen LogP contribution >= 0.6 is 0 Å². The predicted molar refractivity (Wildman–Crippen MR) is 124 cm³/mol. The lowest BCUT2D eigenvalue weighted by molar-refractivity contribution is -0.189. The second-order valence-corrected chi connectivity index (χ2v) is 8.25. The maximum absolute atomic E-state index is 12.4. The van der Waals surface area contributed by atoms with E-state index in [4.69, 9.17) is 25.7 Å². The third-order valence-electron chi connectivity index (χ3n) is 5.48. The Labute approximate surface area is 200 Å². The summed E-state index contributed by atoms with van der Waals surface area (Å²) < 4.78 is 52.3. The highest BCUT2D eigenvalue weighted by Gasteiger charge is 2.31. The minimum atomic E-state index is -4.35. The van der Waals surface area contributed by atoms with Crippen LogP contribution in [0.5, 0.6) is 0 Å². The molecule has 0 atom stereocenters. The Balaban J connectivity index is 1.42. The fourth-order valence-electron chi connectivity index (χ4n) is 3.58. The summed E-state index contributed by atoms with van der Waals surface area (Å²) in [6.07, 6.45) is -0.690. The van der Waals surface area contributed by atoms with Crippen LogP contribution in [0.25, 0.3) is 6.08 Å². The lowest BCUT2D eigenvalue weighted by atomic mass is 9.95. The second kappa shape index (κ2) is 11.7. The summed E-state index contributed by atoms with van der Waals surface area (Å²) in [5.41, 5.74) is 14.1. The van der Waals surface area contributed by atoms with Gasteiger partial charge in [0.1, 0.15) is 19.3 Å². The van der Waals surface area contributed by atoms with E-state index in [-0.39, 0.29) is 12.7 Å². The Bertz CT molecular complexity index is 1050. The number of rotatable bonds is 8. The molecule has 0 heterocycles. The second-order valence-electron chi connectivity index (χ2n) is 8.25. The van der Waals surface area contributed by atoms with E-state index in [1.54, 1.807) is 48.5 Å². The molecule has 0 bridgehead atoms. The molecule has 1 fully saturated rings. The van der Waals surface area contributed by atoms with Crippen LogP contribution in [0.15, 0.2) is 48.5 Å². The van der Waals surface area contributed by atoms with Gasteiger partial charge < -0.3 is 25.7 Å². The highest BCUT2D eigenvalue weighted by Crippen LogP contribution is 2.26. The van der Waals surface area contributed by atoms with Crippen LogP contribution in [0.3, 0.4) is 0 Å². The standard InChI is InChI=1S/C25H27F3N2O5/c26-25(27,28)15-34-20-8-10-21(11-9-20)35-24(32)17-4-1-16(2-5-17)3-12-23(31)33-14-18-6-7-19(29)13-22(18)30/h1-7,12-13,20-21H,8-11,14-15,29-30H2/b12-3+. The van der Waals surface area contributed by atoms with Gasteiger partial charge in [-0.25, -0.2) is 9.59 Å². The average molecular weight is 492 g/mol. The molecule has 0 unspecified atom stereocenters. The maximum Gasteiger partial charge on any atom is 0.411 e. The summed E-state index contributed by atoms with van der Waals surface area (Å²) in [7, 11) is 0. The fraction of sp³-hybridized carbons (Fsp3) is 0.360. The Kier molecular flexibility index (Phi) is 8.75. The number of anilines is 2. The first-order valence-electron chi connectivity index (χ1n) is 11.1. The zero-order valence-corrected chi connectivity index (χ0v) is 18.9. The summed E-state index contributed by atoms with van der Waals surface area (Å²) in [5, 5.41) is 0. The van der Waals surface area contributed by atoms with Crippen molar-refractivity contribution in [3.8, 4) is 0 Å². The third-order valence-corrected chi connectivity index (χ3v) is 5.48. The van der Waals surface area contributed by atoms with Gasteiger partial charge in [0.2, 0.25) is 0 Å². The summed E-state index contributed by atoms with van der Waals surface area (Å²) in [6.45, 7) is -1.26. The number of nitrogen functional groups attached to an aromatic ring is 2. The highest BCUT2D eigenvalue weighted by atomic mass is 19.4. The number of carbonyl (C=O) groups is 2. The van der Waals surface area contributed by atoms with Crippen LogP contribution in [-0.2, 0) is 25.6 Å². The van der Waals surface area contributed by atoms with Crippen LogP contribution < -0.4 is 11.5 Å². The zero-order valence-electron chi connectivity index (χ0n) is 18.9. The maximum atomic E-state index is 12.4. The monoisotopic (exact) mass is 492 g/mol. The van der Waals surface area contributed by atoms with E-state index >= 15 is 0 Å². The third kappa shape index (κ3) is 8.64. The van der Waals surface area contributed by atoms with E-state index < -0.39 is 30.8 Å². The van der Waals surface area contributed by atoms with Crippen LogP contribution in [-0.4, -0.2) is 36.9 Å².